The van der Waals surface area contributed by atoms with Crippen LogP contribution in [0.25, 0.3) is 0 Å². The smallest absolute Gasteiger partial charge is 0.209 e. The van der Waals surface area contributed by atoms with Crippen molar-refractivity contribution in [2.45, 2.75) is 51.3 Å². The Balaban J connectivity index is 1.72. The van der Waals surface area contributed by atoms with Crippen molar-refractivity contribution in [2.75, 3.05) is 39.8 Å². The van der Waals surface area contributed by atoms with E-state index in [9.17, 15) is 0 Å². The van der Waals surface area contributed by atoms with Gasteiger partial charge in [0.2, 0.25) is 5.82 Å². The molecule has 1 aromatic heterocycles. The fourth-order valence-electron chi connectivity index (χ4n) is 3.72. The maximum absolute atomic E-state index is 5.75. The molecule has 2 aliphatic rings. The number of likely N-dealkylation sites (N-methyl/N-ethyl adjacent to an activating group) is 1. The molecular formula is C15H30N6O+2. The van der Waals surface area contributed by atoms with Gasteiger partial charge in [-0.25, -0.2) is 4.68 Å². The molecule has 0 saturated carbocycles. The molecule has 2 aliphatic heterocycles. The van der Waals surface area contributed by atoms with Crippen LogP contribution in [0, 0.1) is 0 Å². The number of ether oxygens (including phenoxy) is 1. The summed E-state index contributed by atoms with van der Waals surface area (Å²) in [6.07, 6.45) is 4.90. The molecule has 0 amide bonds. The molecule has 7 heteroatoms. The molecule has 0 bridgehead atoms. The third-order valence-electron chi connectivity index (χ3n) is 5.09. The van der Waals surface area contributed by atoms with E-state index >= 15 is 0 Å². The second-order valence-electron chi connectivity index (χ2n) is 6.81. The Bertz CT molecular complexity index is 451. The van der Waals surface area contributed by atoms with Crippen LogP contribution in [0.1, 0.15) is 44.5 Å². The summed E-state index contributed by atoms with van der Waals surface area (Å²) in [5.41, 5.74) is 0. The Morgan fingerprint density at radius 2 is 2.14 bits per heavy atom. The molecule has 3 heterocycles. The van der Waals surface area contributed by atoms with Crippen LogP contribution < -0.4 is 9.80 Å². The number of aromatic nitrogens is 4. The van der Waals surface area contributed by atoms with Crippen LogP contribution in [0.5, 0.6) is 0 Å². The van der Waals surface area contributed by atoms with Crippen molar-refractivity contribution in [2.24, 2.45) is 0 Å². The van der Waals surface area contributed by atoms with Gasteiger partial charge in [-0.15, -0.1) is 5.10 Å². The molecule has 7 nitrogen and oxygen atoms in total. The molecule has 2 atom stereocenters. The minimum absolute atomic E-state index is 0.288. The van der Waals surface area contributed by atoms with Crippen molar-refractivity contribution in [3.63, 3.8) is 0 Å². The van der Waals surface area contributed by atoms with Gasteiger partial charge in [0.15, 0.2) is 0 Å². The number of quaternary nitrogens is 2. The number of piperazine rings is 1. The van der Waals surface area contributed by atoms with Gasteiger partial charge in [0, 0.05) is 13.0 Å². The van der Waals surface area contributed by atoms with E-state index in [-0.39, 0.29) is 6.10 Å². The Morgan fingerprint density at radius 3 is 2.82 bits per heavy atom. The maximum atomic E-state index is 5.75. The predicted octanol–water partition coefficient (Wildman–Crippen LogP) is -1.89. The van der Waals surface area contributed by atoms with Crippen molar-refractivity contribution < 1.29 is 14.5 Å². The lowest BCUT2D eigenvalue weighted by molar-refractivity contribution is -1.02. The van der Waals surface area contributed by atoms with Crippen LogP contribution >= 0.6 is 0 Å². The minimum Gasteiger partial charge on any atom is -0.376 e. The van der Waals surface area contributed by atoms with Gasteiger partial charge in [-0.05, 0) is 23.3 Å². The van der Waals surface area contributed by atoms with E-state index in [1.807, 2.05) is 4.68 Å². The summed E-state index contributed by atoms with van der Waals surface area (Å²) in [5, 5.41) is 12.6. The lowest BCUT2D eigenvalue weighted by atomic mass is 10.1. The van der Waals surface area contributed by atoms with Gasteiger partial charge in [0.05, 0.1) is 19.7 Å². The molecule has 3 rings (SSSR count). The van der Waals surface area contributed by atoms with Crippen LogP contribution in [-0.4, -0.2) is 66.1 Å². The SMILES string of the molecule is CCC[C@@H](c1nnnn1C[C@@H]1CCCO1)[NH+]1CC[NH+](C)CC1. The highest BCUT2D eigenvalue weighted by molar-refractivity contribution is 4.88. The minimum atomic E-state index is 0.288. The third kappa shape index (κ3) is 3.64. The Morgan fingerprint density at radius 1 is 1.32 bits per heavy atom. The highest BCUT2D eigenvalue weighted by atomic mass is 16.5. The average Bonchev–Trinajstić information content (AvgIpc) is 3.18. The normalized spacial score (nSPS) is 30.5. The van der Waals surface area contributed by atoms with Crippen molar-refractivity contribution in [3.8, 4) is 0 Å². The van der Waals surface area contributed by atoms with Gasteiger partial charge < -0.3 is 14.5 Å². The molecule has 0 radical (unpaired) electrons. The summed E-state index contributed by atoms with van der Waals surface area (Å²) >= 11 is 0. The molecular weight excluding hydrogens is 280 g/mol. The van der Waals surface area contributed by atoms with Gasteiger partial charge in [-0.1, -0.05) is 13.3 Å². The van der Waals surface area contributed by atoms with E-state index in [2.05, 4.69) is 29.5 Å². The molecule has 2 N–H and O–H groups in total. The van der Waals surface area contributed by atoms with E-state index in [4.69, 9.17) is 4.74 Å². The van der Waals surface area contributed by atoms with Crippen molar-refractivity contribution in [3.05, 3.63) is 5.82 Å². The number of nitrogens with one attached hydrogen (secondary N) is 2. The maximum Gasteiger partial charge on any atom is 0.209 e. The number of hydrogen-bond acceptors (Lipinski definition) is 4. The molecule has 0 spiro atoms. The van der Waals surface area contributed by atoms with Crippen LogP contribution in [0.15, 0.2) is 0 Å². The topological polar surface area (TPSA) is 61.7 Å². The van der Waals surface area contributed by atoms with E-state index < -0.39 is 0 Å². The summed E-state index contributed by atoms with van der Waals surface area (Å²) < 4.78 is 7.76. The second kappa shape index (κ2) is 7.48. The van der Waals surface area contributed by atoms with E-state index in [0.717, 1.165) is 38.2 Å². The highest BCUT2D eigenvalue weighted by Crippen LogP contribution is 2.17. The number of nitrogens with zero attached hydrogens (tertiary/aromatic N) is 4. The Labute approximate surface area is 132 Å². The summed E-state index contributed by atoms with van der Waals surface area (Å²) in [6, 6.07) is 0.425. The van der Waals surface area contributed by atoms with Crippen molar-refractivity contribution in [1.82, 2.24) is 20.2 Å². The molecule has 2 fully saturated rings. The standard InChI is InChI=1S/C15H28N6O/c1-3-5-14(20-9-7-19(2)8-10-20)15-16-17-18-21(15)12-13-6-4-11-22-13/h13-14H,3-12H2,1-2H3/p+2/t13-,14-/m0/s1. The van der Waals surface area contributed by atoms with Gasteiger partial charge in [-0.2, -0.15) is 0 Å². The zero-order valence-electron chi connectivity index (χ0n) is 13.9. The van der Waals surface area contributed by atoms with Gasteiger partial charge in [0.25, 0.3) is 0 Å². The quantitative estimate of drug-likeness (QED) is 0.645. The first-order chi connectivity index (χ1) is 10.8. The summed E-state index contributed by atoms with van der Waals surface area (Å²) in [7, 11) is 2.28. The van der Waals surface area contributed by atoms with Crippen LogP contribution in [-0.2, 0) is 11.3 Å². The van der Waals surface area contributed by atoms with Crippen molar-refractivity contribution in [1.29, 1.82) is 0 Å². The Hall–Kier alpha value is -1.05. The molecule has 124 valence electrons. The average molecular weight is 310 g/mol. The van der Waals surface area contributed by atoms with Crippen LogP contribution in [0.4, 0.5) is 0 Å². The lowest BCUT2D eigenvalue weighted by Gasteiger charge is -2.32. The fraction of sp³-hybridized carbons (Fsp3) is 0.933. The molecule has 0 aromatic carbocycles. The van der Waals surface area contributed by atoms with E-state index in [1.54, 1.807) is 9.80 Å². The highest BCUT2D eigenvalue weighted by Gasteiger charge is 2.33. The zero-order chi connectivity index (χ0) is 15.4. The van der Waals surface area contributed by atoms with E-state index in [1.165, 1.54) is 32.6 Å². The first kappa shape index (κ1) is 15.8. The van der Waals surface area contributed by atoms with Gasteiger partial charge in [0.1, 0.15) is 32.2 Å². The molecule has 22 heavy (non-hydrogen) atoms. The van der Waals surface area contributed by atoms with Crippen LogP contribution in [0.3, 0.4) is 0 Å². The first-order valence-electron chi connectivity index (χ1n) is 8.81. The third-order valence-corrected chi connectivity index (χ3v) is 5.09. The largest absolute Gasteiger partial charge is 0.376 e. The van der Waals surface area contributed by atoms with E-state index in [0.29, 0.717) is 6.04 Å². The Kier molecular flexibility index (Phi) is 5.38. The summed E-state index contributed by atoms with van der Waals surface area (Å²) in [6.45, 7) is 8.84. The number of hydrogen-bond donors (Lipinski definition) is 2. The fourth-order valence-corrected chi connectivity index (χ4v) is 3.72. The first-order valence-corrected chi connectivity index (χ1v) is 8.81. The monoisotopic (exact) mass is 310 g/mol. The molecule has 1 aromatic rings. The van der Waals surface area contributed by atoms with Crippen molar-refractivity contribution >= 4 is 0 Å². The summed E-state index contributed by atoms with van der Waals surface area (Å²) in [4.78, 5) is 3.29. The second-order valence-corrected chi connectivity index (χ2v) is 6.81. The molecule has 2 saturated heterocycles. The molecule has 0 unspecified atom stereocenters. The van der Waals surface area contributed by atoms with Gasteiger partial charge in [-0.3, -0.25) is 0 Å². The lowest BCUT2D eigenvalue weighted by Crippen LogP contribution is -3.27. The van der Waals surface area contributed by atoms with Crippen LogP contribution in [0.2, 0.25) is 0 Å². The van der Waals surface area contributed by atoms with Gasteiger partial charge >= 0.3 is 0 Å². The zero-order valence-corrected chi connectivity index (χ0v) is 13.9. The number of rotatable bonds is 6. The summed E-state index contributed by atoms with van der Waals surface area (Å²) in [5.74, 6) is 1.06. The number of tetrazole rings is 1. The molecule has 0 aliphatic carbocycles. The predicted molar refractivity (Wildman–Crippen MR) is 81.8 cm³/mol.